The number of methoxy groups -OCH3 is 1. The maximum absolute atomic E-state index is 11.4. The van der Waals surface area contributed by atoms with E-state index in [1.165, 1.54) is 13.2 Å². The van der Waals surface area contributed by atoms with Crippen molar-refractivity contribution in [2.75, 3.05) is 12.8 Å². The minimum atomic E-state index is -0.424. The summed E-state index contributed by atoms with van der Waals surface area (Å²) in [6, 6.07) is 3.24. The first-order chi connectivity index (χ1) is 6.72. The van der Waals surface area contributed by atoms with Crippen molar-refractivity contribution in [1.29, 1.82) is 0 Å². The number of anilines is 1. The lowest BCUT2D eigenvalue weighted by atomic mass is 10.2. The van der Waals surface area contributed by atoms with Crippen LogP contribution in [-0.2, 0) is 4.74 Å². The van der Waals surface area contributed by atoms with Crippen LogP contribution in [0.1, 0.15) is 10.4 Å². The highest BCUT2D eigenvalue weighted by Crippen LogP contribution is 2.18. The molecule has 3 N–H and O–H groups in total. The van der Waals surface area contributed by atoms with E-state index < -0.39 is 5.97 Å². The summed E-state index contributed by atoms with van der Waals surface area (Å²) in [5, 5.41) is 0. The lowest BCUT2D eigenvalue weighted by molar-refractivity contribution is 0.0603. The molecule has 0 fully saturated rings. The third-order valence-corrected chi connectivity index (χ3v) is 1.94. The minimum absolute atomic E-state index is 0.303. The van der Waals surface area contributed by atoms with Crippen LogP contribution in [0, 0.1) is 0 Å². The Balaban J connectivity index is 2.72. The second-order valence-corrected chi connectivity index (χ2v) is 2.82. The van der Waals surface area contributed by atoms with Crippen molar-refractivity contribution in [1.82, 2.24) is 9.97 Å². The maximum Gasteiger partial charge on any atom is 0.340 e. The molecule has 0 aliphatic carbocycles. The molecule has 0 saturated heterocycles. The van der Waals surface area contributed by atoms with E-state index in [2.05, 4.69) is 14.7 Å². The van der Waals surface area contributed by atoms with Gasteiger partial charge < -0.3 is 15.5 Å². The number of nitrogen functional groups attached to an aromatic ring is 1. The highest BCUT2D eigenvalue weighted by atomic mass is 16.5. The van der Waals surface area contributed by atoms with Gasteiger partial charge in [-0.25, -0.2) is 9.78 Å². The number of hydrogen-bond acceptors (Lipinski definition) is 4. The zero-order chi connectivity index (χ0) is 10.1. The van der Waals surface area contributed by atoms with E-state index >= 15 is 0 Å². The van der Waals surface area contributed by atoms with Crippen molar-refractivity contribution >= 4 is 22.8 Å². The first kappa shape index (κ1) is 8.55. The number of ether oxygens (including phenoxy) is 1. The number of pyridine rings is 1. The number of nitrogens with zero attached hydrogens (tertiary/aromatic N) is 1. The molecule has 72 valence electrons. The zero-order valence-corrected chi connectivity index (χ0v) is 7.57. The molecule has 0 amide bonds. The van der Waals surface area contributed by atoms with Crippen molar-refractivity contribution in [2.45, 2.75) is 0 Å². The summed E-state index contributed by atoms with van der Waals surface area (Å²) in [7, 11) is 1.33. The number of rotatable bonds is 1. The Hall–Kier alpha value is -2.04. The van der Waals surface area contributed by atoms with Crippen molar-refractivity contribution in [2.24, 2.45) is 0 Å². The fraction of sp³-hybridized carbons (Fsp3) is 0.111. The zero-order valence-electron chi connectivity index (χ0n) is 7.57. The van der Waals surface area contributed by atoms with Crippen molar-refractivity contribution in [3.8, 4) is 0 Å². The average Bonchev–Trinajstić information content (AvgIpc) is 2.62. The number of nitrogens with two attached hydrogens (primary N) is 1. The van der Waals surface area contributed by atoms with Crippen molar-refractivity contribution in [3.63, 3.8) is 0 Å². The molecule has 0 bridgehead atoms. The molecule has 5 nitrogen and oxygen atoms in total. The summed E-state index contributed by atoms with van der Waals surface area (Å²) in [4.78, 5) is 18.3. The SMILES string of the molecule is COC(=O)c1cc(N)nc2cc[nH]c12. The van der Waals surface area contributed by atoms with E-state index in [0.717, 1.165) is 0 Å². The normalized spacial score (nSPS) is 10.4. The van der Waals surface area contributed by atoms with Crippen LogP contribution in [0.4, 0.5) is 5.82 Å². The molecule has 2 aromatic rings. The third-order valence-electron chi connectivity index (χ3n) is 1.94. The quantitative estimate of drug-likeness (QED) is 0.657. The van der Waals surface area contributed by atoms with Crippen molar-refractivity contribution in [3.05, 3.63) is 23.9 Å². The van der Waals surface area contributed by atoms with Gasteiger partial charge in [-0.15, -0.1) is 0 Å². The summed E-state index contributed by atoms with van der Waals surface area (Å²) in [5.41, 5.74) is 7.25. The Kier molecular flexibility index (Phi) is 1.85. The lowest BCUT2D eigenvalue weighted by Gasteiger charge is -2.01. The number of aromatic amines is 1. The second kappa shape index (κ2) is 3.02. The molecular formula is C9H9N3O2. The standard InChI is InChI=1S/C9H9N3O2/c1-14-9(13)5-4-7(10)12-6-2-3-11-8(5)6/h2-4,11H,1H3,(H2,10,12). The van der Waals surface area contributed by atoms with Gasteiger partial charge in [-0.3, -0.25) is 0 Å². The number of hydrogen-bond donors (Lipinski definition) is 2. The van der Waals surface area contributed by atoms with Crippen LogP contribution in [0.2, 0.25) is 0 Å². The van der Waals surface area contributed by atoms with Gasteiger partial charge in [0.1, 0.15) is 5.82 Å². The van der Waals surface area contributed by atoms with E-state index in [9.17, 15) is 4.79 Å². The first-order valence-corrected chi connectivity index (χ1v) is 4.04. The molecule has 0 spiro atoms. The van der Waals surface area contributed by atoms with Gasteiger partial charge in [0.25, 0.3) is 0 Å². The van der Waals surface area contributed by atoms with E-state index in [1.807, 2.05) is 0 Å². The van der Waals surface area contributed by atoms with Gasteiger partial charge in [0.05, 0.1) is 23.7 Å². The molecule has 0 aromatic carbocycles. The highest BCUT2D eigenvalue weighted by molar-refractivity contribution is 6.02. The topological polar surface area (TPSA) is 81.0 Å². The first-order valence-electron chi connectivity index (χ1n) is 4.04. The Bertz CT molecular complexity index is 490. The van der Waals surface area contributed by atoms with Crippen molar-refractivity contribution < 1.29 is 9.53 Å². The molecule has 0 aliphatic heterocycles. The molecule has 2 rings (SSSR count). The van der Waals surface area contributed by atoms with Gasteiger partial charge in [-0.1, -0.05) is 0 Å². The van der Waals surface area contributed by atoms with Crippen LogP contribution < -0.4 is 5.73 Å². The molecule has 0 atom stereocenters. The molecular weight excluding hydrogens is 182 g/mol. The Morgan fingerprint density at radius 3 is 3.14 bits per heavy atom. The van der Waals surface area contributed by atoms with E-state index in [0.29, 0.717) is 22.4 Å². The van der Waals surface area contributed by atoms with Gasteiger partial charge >= 0.3 is 5.97 Å². The predicted octanol–water partition coefficient (Wildman–Crippen LogP) is 0.932. The predicted molar refractivity (Wildman–Crippen MR) is 51.8 cm³/mol. The van der Waals surface area contributed by atoms with Crippen LogP contribution in [0.3, 0.4) is 0 Å². The Morgan fingerprint density at radius 2 is 2.43 bits per heavy atom. The molecule has 2 aromatic heterocycles. The number of nitrogens with one attached hydrogen (secondary N) is 1. The van der Waals surface area contributed by atoms with E-state index in [1.54, 1.807) is 12.3 Å². The lowest BCUT2D eigenvalue weighted by Crippen LogP contribution is -2.04. The van der Waals surface area contributed by atoms with Crippen LogP contribution in [0.25, 0.3) is 11.0 Å². The summed E-state index contributed by atoms with van der Waals surface area (Å²) in [6.07, 6.45) is 1.70. The van der Waals surface area contributed by atoms with Crippen LogP contribution in [0.15, 0.2) is 18.3 Å². The molecule has 0 unspecified atom stereocenters. The summed E-state index contributed by atoms with van der Waals surface area (Å²) in [6.45, 7) is 0. The van der Waals surface area contributed by atoms with Crippen LogP contribution >= 0.6 is 0 Å². The number of carbonyl (C=O) groups excluding carboxylic acids is 1. The maximum atomic E-state index is 11.4. The number of carbonyl (C=O) groups is 1. The number of H-pyrrole nitrogens is 1. The summed E-state index contributed by atoms with van der Waals surface area (Å²) in [5.74, 6) is -0.121. The number of aromatic nitrogens is 2. The largest absolute Gasteiger partial charge is 0.465 e. The number of fused-ring (bicyclic) bond motifs is 1. The van der Waals surface area contributed by atoms with Gasteiger partial charge in [0.15, 0.2) is 0 Å². The molecule has 14 heavy (non-hydrogen) atoms. The number of esters is 1. The monoisotopic (exact) mass is 191 g/mol. The smallest absolute Gasteiger partial charge is 0.340 e. The Labute approximate surface area is 79.9 Å². The second-order valence-electron chi connectivity index (χ2n) is 2.82. The van der Waals surface area contributed by atoms with Crippen LogP contribution in [-0.4, -0.2) is 23.0 Å². The fourth-order valence-electron chi connectivity index (χ4n) is 1.33. The minimum Gasteiger partial charge on any atom is -0.465 e. The van der Waals surface area contributed by atoms with Crippen LogP contribution in [0.5, 0.6) is 0 Å². The molecule has 5 heteroatoms. The molecule has 0 radical (unpaired) electrons. The highest BCUT2D eigenvalue weighted by Gasteiger charge is 2.12. The average molecular weight is 191 g/mol. The van der Waals surface area contributed by atoms with Gasteiger partial charge in [0, 0.05) is 6.20 Å². The summed E-state index contributed by atoms with van der Waals surface area (Å²) < 4.78 is 4.63. The third kappa shape index (κ3) is 1.19. The molecule has 0 saturated carbocycles. The van der Waals surface area contributed by atoms with Gasteiger partial charge in [-0.05, 0) is 12.1 Å². The summed E-state index contributed by atoms with van der Waals surface area (Å²) >= 11 is 0. The van der Waals surface area contributed by atoms with E-state index in [-0.39, 0.29) is 0 Å². The Morgan fingerprint density at radius 1 is 1.64 bits per heavy atom. The van der Waals surface area contributed by atoms with E-state index in [4.69, 9.17) is 5.73 Å². The molecule has 0 aliphatic rings. The molecule has 2 heterocycles. The van der Waals surface area contributed by atoms with Gasteiger partial charge in [-0.2, -0.15) is 0 Å². The fourth-order valence-corrected chi connectivity index (χ4v) is 1.33. The van der Waals surface area contributed by atoms with Gasteiger partial charge in [0.2, 0.25) is 0 Å².